The lowest BCUT2D eigenvalue weighted by atomic mass is 9.72. The Labute approximate surface area is 132 Å². The van der Waals surface area contributed by atoms with Gasteiger partial charge in [0.2, 0.25) is 0 Å². The molecular weight excluding hydrogens is 274 g/mol. The van der Waals surface area contributed by atoms with Crippen molar-refractivity contribution in [3.05, 3.63) is 35.6 Å². The number of para-hydroxylation sites is 1. The third kappa shape index (κ3) is 2.10. The Balaban J connectivity index is 1.81. The lowest BCUT2D eigenvalue weighted by Gasteiger charge is -2.49. The highest BCUT2D eigenvalue weighted by molar-refractivity contribution is 5.82. The van der Waals surface area contributed by atoms with E-state index in [1.54, 1.807) is 0 Å². The van der Waals surface area contributed by atoms with Crippen molar-refractivity contribution in [1.29, 1.82) is 0 Å². The average molecular weight is 299 g/mol. The van der Waals surface area contributed by atoms with Crippen LogP contribution < -0.4 is 0 Å². The van der Waals surface area contributed by atoms with Crippen LogP contribution in [0.5, 0.6) is 0 Å². The van der Waals surface area contributed by atoms with Crippen LogP contribution in [0.15, 0.2) is 28.7 Å². The fraction of sp³-hybridized carbons (Fsp3) is 0.579. The highest BCUT2D eigenvalue weighted by Gasteiger charge is 2.47. The molecule has 2 aliphatic heterocycles. The molecule has 0 N–H and O–H groups in total. The minimum atomic E-state index is 0.150. The van der Waals surface area contributed by atoms with E-state index in [0.717, 1.165) is 31.8 Å². The van der Waals surface area contributed by atoms with Gasteiger partial charge in [-0.3, -0.25) is 4.90 Å². The number of benzene rings is 1. The van der Waals surface area contributed by atoms with Crippen LogP contribution in [-0.2, 0) is 11.2 Å². The van der Waals surface area contributed by atoms with E-state index in [2.05, 4.69) is 43.0 Å². The Hall–Kier alpha value is -1.32. The zero-order chi connectivity index (χ0) is 15.2. The molecule has 2 unspecified atom stereocenters. The lowest BCUT2D eigenvalue weighted by molar-refractivity contribution is -0.0520. The summed E-state index contributed by atoms with van der Waals surface area (Å²) in [4.78, 5) is 2.62. The summed E-state index contributed by atoms with van der Waals surface area (Å²) in [7, 11) is 0. The van der Waals surface area contributed by atoms with E-state index in [0.29, 0.717) is 6.04 Å². The fourth-order valence-corrected chi connectivity index (χ4v) is 4.45. The van der Waals surface area contributed by atoms with Crippen molar-refractivity contribution >= 4 is 11.0 Å². The molecule has 2 aromatic rings. The first-order chi connectivity index (χ1) is 10.7. The smallest absolute Gasteiger partial charge is 0.134 e. The molecule has 1 aromatic carbocycles. The van der Waals surface area contributed by atoms with Gasteiger partial charge >= 0.3 is 0 Å². The van der Waals surface area contributed by atoms with Gasteiger partial charge in [-0.2, -0.15) is 0 Å². The summed E-state index contributed by atoms with van der Waals surface area (Å²) >= 11 is 0. The van der Waals surface area contributed by atoms with Gasteiger partial charge in [0.25, 0.3) is 0 Å². The number of ether oxygens (including phenoxy) is 1. The van der Waals surface area contributed by atoms with Crippen LogP contribution in [0.1, 0.15) is 44.1 Å². The van der Waals surface area contributed by atoms with Crippen LogP contribution in [0.4, 0.5) is 0 Å². The second-order valence-corrected chi connectivity index (χ2v) is 7.02. The molecule has 118 valence electrons. The van der Waals surface area contributed by atoms with Gasteiger partial charge in [-0.1, -0.05) is 25.1 Å². The van der Waals surface area contributed by atoms with E-state index >= 15 is 0 Å². The van der Waals surface area contributed by atoms with E-state index in [1.165, 1.54) is 36.1 Å². The molecule has 2 aliphatic rings. The quantitative estimate of drug-likeness (QED) is 0.850. The molecule has 1 fully saturated rings. The van der Waals surface area contributed by atoms with E-state index < -0.39 is 0 Å². The molecule has 0 saturated carbocycles. The Kier molecular flexibility index (Phi) is 3.50. The fourth-order valence-electron chi connectivity index (χ4n) is 4.45. The van der Waals surface area contributed by atoms with Crippen LogP contribution >= 0.6 is 0 Å². The SMILES string of the molecule is CCOCC1(C)CCCN2CCc3c(oc4ccccc34)C21. The van der Waals surface area contributed by atoms with Crippen molar-refractivity contribution < 1.29 is 9.15 Å². The van der Waals surface area contributed by atoms with Crippen LogP contribution in [-0.4, -0.2) is 31.2 Å². The summed E-state index contributed by atoms with van der Waals surface area (Å²) < 4.78 is 12.2. The topological polar surface area (TPSA) is 25.6 Å². The van der Waals surface area contributed by atoms with Crippen molar-refractivity contribution in [2.24, 2.45) is 5.41 Å². The number of furan rings is 1. The van der Waals surface area contributed by atoms with E-state index in [9.17, 15) is 0 Å². The van der Waals surface area contributed by atoms with E-state index in [4.69, 9.17) is 9.15 Å². The number of piperidine rings is 1. The van der Waals surface area contributed by atoms with Crippen LogP contribution in [0.2, 0.25) is 0 Å². The summed E-state index contributed by atoms with van der Waals surface area (Å²) in [6, 6.07) is 8.85. The minimum absolute atomic E-state index is 0.150. The van der Waals surface area contributed by atoms with Gasteiger partial charge in [0, 0.05) is 29.5 Å². The second kappa shape index (κ2) is 5.39. The maximum atomic E-state index is 6.34. The molecule has 3 heteroatoms. The van der Waals surface area contributed by atoms with Crippen LogP contribution in [0, 0.1) is 5.41 Å². The van der Waals surface area contributed by atoms with Crippen LogP contribution in [0.25, 0.3) is 11.0 Å². The van der Waals surface area contributed by atoms with Gasteiger partial charge in [-0.05, 0) is 38.8 Å². The highest BCUT2D eigenvalue weighted by Crippen LogP contribution is 2.50. The van der Waals surface area contributed by atoms with Gasteiger partial charge in [0.15, 0.2) is 0 Å². The zero-order valence-electron chi connectivity index (χ0n) is 13.6. The third-order valence-corrected chi connectivity index (χ3v) is 5.48. The molecular formula is C19H25NO2. The first-order valence-electron chi connectivity index (χ1n) is 8.55. The van der Waals surface area contributed by atoms with Gasteiger partial charge in [0.1, 0.15) is 11.3 Å². The highest BCUT2D eigenvalue weighted by atomic mass is 16.5. The molecule has 0 radical (unpaired) electrons. The molecule has 2 atom stereocenters. The Bertz CT molecular complexity index is 677. The molecule has 0 aliphatic carbocycles. The van der Waals surface area contributed by atoms with E-state index in [1.807, 2.05) is 0 Å². The number of rotatable bonds is 3. The van der Waals surface area contributed by atoms with Crippen molar-refractivity contribution in [3.8, 4) is 0 Å². The van der Waals surface area contributed by atoms with Gasteiger partial charge < -0.3 is 9.15 Å². The van der Waals surface area contributed by atoms with E-state index in [-0.39, 0.29) is 5.41 Å². The molecule has 0 amide bonds. The number of nitrogens with zero attached hydrogens (tertiary/aromatic N) is 1. The predicted molar refractivity (Wildman–Crippen MR) is 88.1 cm³/mol. The summed E-state index contributed by atoms with van der Waals surface area (Å²) in [5.74, 6) is 1.20. The number of fused-ring (bicyclic) bond motifs is 5. The molecule has 4 rings (SSSR count). The maximum Gasteiger partial charge on any atom is 0.134 e. The number of hydrogen-bond acceptors (Lipinski definition) is 3. The van der Waals surface area contributed by atoms with Crippen LogP contribution in [0.3, 0.4) is 0 Å². The largest absolute Gasteiger partial charge is 0.459 e. The Morgan fingerprint density at radius 3 is 3.05 bits per heavy atom. The summed E-state index contributed by atoms with van der Waals surface area (Å²) in [5, 5.41) is 1.31. The Morgan fingerprint density at radius 1 is 1.32 bits per heavy atom. The molecule has 1 saturated heterocycles. The molecule has 0 bridgehead atoms. The molecule has 3 heterocycles. The standard InChI is InChI=1S/C19H25NO2/c1-3-21-13-19(2)10-6-11-20-12-9-15-14-7-4-5-8-16(14)22-17(15)18(19)20/h4-5,7-8,18H,3,6,9-13H2,1-2H3. The zero-order valence-corrected chi connectivity index (χ0v) is 13.6. The molecule has 0 spiro atoms. The summed E-state index contributed by atoms with van der Waals surface area (Å²) in [6.45, 7) is 8.39. The average Bonchev–Trinajstić information content (AvgIpc) is 2.91. The number of hydrogen-bond donors (Lipinski definition) is 0. The summed E-state index contributed by atoms with van der Waals surface area (Å²) in [5.41, 5.74) is 2.62. The Morgan fingerprint density at radius 2 is 2.18 bits per heavy atom. The molecule has 22 heavy (non-hydrogen) atoms. The summed E-state index contributed by atoms with van der Waals surface area (Å²) in [6.07, 6.45) is 3.58. The second-order valence-electron chi connectivity index (χ2n) is 7.02. The van der Waals surface area contributed by atoms with Crippen molar-refractivity contribution in [1.82, 2.24) is 4.90 Å². The van der Waals surface area contributed by atoms with Gasteiger partial charge in [0.05, 0.1) is 12.6 Å². The van der Waals surface area contributed by atoms with Gasteiger partial charge in [-0.25, -0.2) is 0 Å². The minimum Gasteiger partial charge on any atom is -0.459 e. The van der Waals surface area contributed by atoms with Crippen molar-refractivity contribution in [3.63, 3.8) is 0 Å². The van der Waals surface area contributed by atoms with Gasteiger partial charge in [-0.15, -0.1) is 0 Å². The first-order valence-corrected chi connectivity index (χ1v) is 8.55. The first kappa shape index (κ1) is 14.3. The predicted octanol–water partition coefficient (Wildman–Crippen LogP) is 4.17. The molecule has 1 aromatic heterocycles. The molecule has 3 nitrogen and oxygen atoms in total. The van der Waals surface area contributed by atoms with Crippen molar-refractivity contribution in [2.45, 2.75) is 39.2 Å². The van der Waals surface area contributed by atoms with Crippen molar-refractivity contribution in [2.75, 3.05) is 26.3 Å². The monoisotopic (exact) mass is 299 g/mol. The maximum absolute atomic E-state index is 6.34. The lowest BCUT2D eigenvalue weighted by Crippen LogP contribution is -2.49. The third-order valence-electron chi connectivity index (χ3n) is 5.48. The normalized spacial score (nSPS) is 28.5.